The number of morpholine rings is 2. The molecule has 0 unspecified atom stereocenters. The van der Waals surface area contributed by atoms with Crippen molar-refractivity contribution < 1.29 is 18.9 Å². The maximum Gasteiger partial charge on any atom is 0.0935 e. The zero-order valence-electron chi connectivity index (χ0n) is 16.1. The number of nitrogens with zero attached hydrogens (tertiary/aromatic N) is 2. The van der Waals surface area contributed by atoms with Crippen LogP contribution in [0.3, 0.4) is 0 Å². The van der Waals surface area contributed by atoms with Gasteiger partial charge in [-0.05, 0) is 27.7 Å². The maximum absolute atomic E-state index is 6.05. The molecule has 0 spiro atoms. The van der Waals surface area contributed by atoms with E-state index in [1.807, 2.05) is 0 Å². The second-order valence-corrected chi connectivity index (χ2v) is 7.80. The third-order valence-electron chi connectivity index (χ3n) is 5.01. The molecule has 2 fully saturated rings. The lowest BCUT2D eigenvalue weighted by Gasteiger charge is -2.43. The fourth-order valence-electron chi connectivity index (χ4n) is 3.40. The highest BCUT2D eigenvalue weighted by atomic mass is 16.5. The topological polar surface area (TPSA) is 43.4 Å². The van der Waals surface area contributed by atoms with Gasteiger partial charge in [-0.15, -0.1) is 0 Å². The van der Waals surface area contributed by atoms with Crippen molar-refractivity contribution >= 4 is 0 Å². The smallest absolute Gasteiger partial charge is 0.0935 e. The van der Waals surface area contributed by atoms with Crippen LogP contribution in [0.15, 0.2) is 0 Å². The van der Waals surface area contributed by atoms with E-state index in [0.29, 0.717) is 25.9 Å². The molecule has 2 aliphatic rings. The summed E-state index contributed by atoms with van der Waals surface area (Å²) in [5.74, 6) is 0. The zero-order chi connectivity index (χ0) is 17.6. The minimum absolute atomic E-state index is 0.0117. The van der Waals surface area contributed by atoms with Crippen LogP contribution in [0.4, 0.5) is 0 Å². The van der Waals surface area contributed by atoms with Gasteiger partial charge in [0.15, 0.2) is 0 Å². The molecule has 0 N–H and O–H groups in total. The summed E-state index contributed by atoms with van der Waals surface area (Å²) in [6.07, 6.45) is 0.340. The van der Waals surface area contributed by atoms with Crippen molar-refractivity contribution in [2.75, 3.05) is 66.3 Å². The molecule has 6 nitrogen and oxygen atoms in total. The number of ether oxygens (including phenoxy) is 4. The van der Waals surface area contributed by atoms with Gasteiger partial charge in [-0.2, -0.15) is 0 Å². The van der Waals surface area contributed by atoms with Crippen LogP contribution in [-0.2, 0) is 18.9 Å². The molecule has 0 amide bonds. The first-order valence-electron chi connectivity index (χ1n) is 9.21. The third kappa shape index (κ3) is 5.93. The van der Waals surface area contributed by atoms with Crippen LogP contribution in [-0.4, -0.2) is 99.9 Å². The van der Waals surface area contributed by atoms with E-state index in [1.54, 1.807) is 7.11 Å². The molecule has 6 heteroatoms. The highest BCUT2D eigenvalue weighted by Gasteiger charge is 2.32. The molecular formula is C18H36N2O4. The zero-order valence-corrected chi connectivity index (χ0v) is 16.1. The normalized spacial score (nSPS) is 27.8. The molecule has 0 aromatic carbocycles. The van der Waals surface area contributed by atoms with Gasteiger partial charge in [-0.25, -0.2) is 0 Å². The molecule has 142 valence electrons. The third-order valence-corrected chi connectivity index (χ3v) is 5.01. The summed E-state index contributed by atoms with van der Waals surface area (Å²) in [7, 11) is 1.72. The summed E-state index contributed by atoms with van der Waals surface area (Å²) >= 11 is 0. The predicted molar refractivity (Wildman–Crippen MR) is 94.5 cm³/mol. The molecule has 0 aliphatic carbocycles. The Morgan fingerprint density at radius 3 is 2.38 bits per heavy atom. The van der Waals surface area contributed by atoms with E-state index in [2.05, 4.69) is 37.5 Å². The van der Waals surface area contributed by atoms with Gasteiger partial charge < -0.3 is 18.9 Å². The van der Waals surface area contributed by atoms with E-state index < -0.39 is 0 Å². The number of methoxy groups -OCH3 is 1. The van der Waals surface area contributed by atoms with E-state index in [0.717, 1.165) is 39.4 Å². The second-order valence-electron chi connectivity index (χ2n) is 7.80. The Morgan fingerprint density at radius 2 is 1.71 bits per heavy atom. The highest BCUT2D eigenvalue weighted by molar-refractivity contribution is 4.86. The lowest BCUT2D eigenvalue weighted by Crippen LogP contribution is -2.56. The van der Waals surface area contributed by atoms with Crippen molar-refractivity contribution in [3.8, 4) is 0 Å². The van der Waals surface area contributed by atoms with Crippen LogP contribution in [0.25, 0.3) is 0 Å². The Kier molecular flexibility index (Phi) is 7.91. The van der Waals surface area contributed by atoms with Crippen LogP contribution in [0.5, 0.6) is 0 Å². The first-order chi connectivity index (χ1) is 11.4. The molecule has 0 aromatic heterocycles. The van der Waals surface area contributed by atoms with Crippen molar-refractivity contribution in [2.24, 2.45) is 0 Å². The fraction of sp³-hybridized carbons (Fsp3) is 1.00. The van der Waals surface area contributed by atoms with Gasteiger partial charge in [0.2, 0.25) is 0 Å². The summed E-state index contributed by atoms with van der Waals surface area (Å²) in [6.45, 7) is 16.4. The average molecular weight is 344 g/mol. The van der Waals surface area contributed by atoms with Gasteiger partial charge in [0.25, 0.3) is 0 Å². The highest BCUT2D eigenvalue weighted by Crippen LogP contribution is 2.20. The molecule has 0 aromatic rings. The van der Waals surface area contributed by atoms with E-state index in [-0.39, 0.29) is 17.7 Å². The Labute approximate surface area is 147 Å². The predicted octanol–water partition coefficient (Wildman–Crippen LogP) is 1.24. The van der Waals surface area contributed by atoms with Crippen molar-refractivity contribution in [3.63, 3.8) is 0 Å². The van der Waals surface area contributed by atoms with Gasteiger partial charge in [0.05, 0.1) is 45.2 Å². The minimum Gasteiger partial charge on any atom is -0.382 e. The van der Waals surface area contributed by atoms with Gasteiger partial charge in [0.1, 0.15) is 0 Å². The Morgan fingerprint density at radius 1 is 1.04 bits per heavy atom. The van der Waals surface area contributed by atoms with Gasteiger partial charge >= 0.3 is 0 Å². The maximum atomic E-state index is 6.05. The van der Waals surface area contributed by atoms with Crippen molar-refractivity contribution in [3.05, 3.63) is 0 Å². The van der Waals surface area contributed by atoms with Gasteiger partial charge in [-0.1, -0.05) is 0 Å². The summed E-state index contributed by atoms with van der Waals surface area (Å²) in [5, 5.41) is 0. The average Bonchev–Trinajstić information content (AvgIpc) is 2.55. The SMILES string of the molecule is COC[C@@H]1CN(C(C)(C)COC[C@H]2CN(C(C)C)CCO2)CCO1. The van der Waals surface area contributed by atoms with E-state index in [1.165, 1.54) is 0 Å². The molecule has 2 rings (SSSR count). The van der Waals surface area contributed by atoms with Crippen LogP contribution in [0.2, 0.25) is 0 Å². The molecular weight excluding hydrogens is 308 g/mol. The van der Waals surface area contributed by atoms with Crippen LogP contribution < -0.4 is 0 Å². The Balaban J connectivity index is 1.73. The lowest BCUT2D eigenvalue weighted by atomic mass is 10.0. The Bertz CT molecular complexity index is 363. The first-order valence-corrected chi connectivity index (χ1v) is 9.21. The summed E-state index contributed by atoms with van der Waals surface area (Å²) in [4.78, 5) is 4.91. The van der Waals surface area contributed by atoms with Crippen molar-refractivity contribution in [1.82, 2.24) is 9.80 Å². The van der Waals surface area contributed by atoms with Crippen LogP contribution in [0.1, 0.15) is 27.7 Å². The number of hydrogen-bond donors (Lipinski definition) is 0. The summed E-state index contributed by atoms with van der Waals surface area (Å²) in [6, 6.07) is 0.568. The minimum atomic E-state index is -0.0117. The molecule has 2 aliphatic heterocycles. The molecule has 0 bridgehead atoms. The molecule has 0 radical (unpaired) electrons. The number of hydrogen-bond acceptors (Lipinski definition) is 6. The van der Waals surface area contributed by atoms with Crippen molar-refractivity contribution in [2.45, 2.75) is 51.5 Å². The molecule has 0 saturated carbocycles. The number of rotatable bonds is 8. The summed E-state index contributed by atoms with van der Waals surface area (Å²) < 4.78 is 22.9. The van der Waals surface area contributed by atoms with Crippen molar-refractivity contribution in [1.29, 1.82) is 0 Å². The lowest BCUT2D eigenvalue weighted by molar-refractivity contribution is -0.115. The van der Waals surface area contributed by atoms with E-state index >= 15 is 0 Å². The molecule has 2 atom stereocenters. The first kappa shape index (κ1) is 20.1. The Hall–Kier alpha value is -0.240. The largest absolute Gasteiger partial charge is 0.382 e. The molecule has 2 saturated heterocycles. The van der Waals surface area contributed by atoms with Gasteiger partial charge in [0, 0.05) is 44.9 Å². The van der Waals surface area contributed by atoms with Crippen LogP contribution in [0, 0.1) is 0 Å². The standard InChI is InChI=1S/C18H36N2O4/c1-15(2)19-6-8-23-16(10-19)13-22-14-18(3,4)20-7-9-24-17(11-20)12-21-5/h15-17H,6-14H2,1-5H3/t16-,17+/m1/s1. The van der Waals surface area contributed by atoms with Crippen LogP contribution >= 0.6 is 0 Å². The molecule has 24 heavy (non-hydrogen) atoms. The van der Waals surface area contributed by atoms with E-state index in [4.69, 9.17) is 18.9 Å². The quantitative estimate of drug-likeness (QED) is 0.660. The molecule has 2 heterocycles. The monoisotopic (exact) mass is 344 g/mol. The van der Waals surface area contributed by atoms with E-state index in [9.17, 15) is 0 Å². The van der Waals surface area contributed by atoms with Gasteiger partial charge in [-0.3, -0.25) is 9.80 Å². The second kappa shape index (κ2) is 9.46. The summed E-state index contributed by atoms with van der Waals surface area (Å²) in [5.41, 5.74) is -0.0117. The fourth-order valence-corrected chi connectivity index (χ4v) is 3.40.